The summed E-state index contributed by atoms with van der Waals surface area (Å²) in [4.78, 5) is 24.2. The predicted octanol–water partition coefficient (Wildman–Crippen LogP) is 2.10. The highest BCUT2D eigenvalue weighted by molar-refractivity contribution is 5.79. The number of hydrogen-bond donors (Lipinski definition) is 0. The summed E-state index contributed by atoms with van der Waals surface area (Å²) in [5.74, 6) is 0.823. The summed E-state index contributed by atoms with van der Waals surface area (Å²) in [6.45, 7) is 8.11. The molecule has 0 aromatic heterocycles. The van der Waals surface area contributed by atoms with Crippen molar-refractivity contribution < 1.29 is 9.59 Å². The Morgan fingerprint density at radius 1 is 1.20 bits per heavy atom. The first-order valence-electron chi connectivity index (χ1n) is 5.59. The molecule has 0 saturated heterocycles. The summed E-state index contributed by atoms with van der Waals surface area (Å²) in [5, 5.41) is 0. The minimum absolute atomic E-state index is 0.0581. The summed E-state index contributed by atoms with van der Waals surface area (Å²) in [5.41, 5.74) is 0. The maximum atomic E-state index is 11.7. The Labute approximate surface area is 92.8 Å². The lowest BCUT2D eigenvalue weighted by Crippen LogP contribution is -2.39. The van der Waals surface area contributed by atoms with Crippen molar-refractivity contribution in [2.75, 3.05) is 7.05 Å². The van der Waals surface area contributed by atoms with Crippen LogP contribution in [0.5, 0.6) is 0 Å². The number of hydrogen-bond acceptors (Lipinski definition) is 2. The molecule has 0 heterocycles. The first-order valence-corrected chi connectivity index (χ1v) is 5.59. The van der Waals surface area contributed by atoms with Gasteiger partial charge in [-0.15, -0.1) is 0 Å². The third kappa shape index (κ3) is 5.55. The molecule has 0 aromatic carbocycles. The van der Waals surface area contributed by atoms with Crippen molar-refractivity contribution >= 4 is 12.2 Å². The van der Waals surface area contributed by atoms with E-state index in [0.717, 1.165) is 12.7 Å². The van der Waals surface area contributed by atoms with E-state index in [0.29, 0.717) is 18.3 Å². The second kappa shape index (κ2) is 6.59. The van der Waals surface area contributed by atoms with E-state index in [-0.39, 0.29) is 11.9 Å². The van der Waals surface area contributed by atoms with Gasteiger partial charge in [0, 0.05) is 13.5 Å². The Morgan fingerprint density at radius 2 is 1.73 bits per heavy atom. The van der Waals surface area contributed by atoms with Crippen LogP contribution in [0.4, 0.5) is 0 Å². The van der Waals surface area contributed by atoms with Gasteiger partial charge in [-0.25, -0.2) is 0 Å². The van der Waals surface area contributed by atoms with Crippen molar-refractivity contribution in [1.29, 1.82) is 0 Å². The lowest BCUT2D eigenvalue weighted by atomic mass is 10.0. The van der Waals surface area contributed by atoms with Crippen molar-refractivity contribution in [2.45, 2.75) is 46.6 Å². The van der Waals surface area contributed by atoms with Crippen LogP contribution in [0.3, 0.4) is 0 Å². The number of aldehydes is 1. The van der Waals surface area contributed by atoms with Gasteiger partial charge >= 0.3 is 0 Å². The molecule has 88 valence electrons. The Hall–Kier alpha value is -0.860. The molecule has 3 nitrogen and oxygen atoms in total. The molecule has 1 amide bonds. The molecule has 0 N–H and O–H groups in total. The van der Waals surface area contributed by atoms with Crippen LogP contribution < -0.4 is 0 Å². The van der Waals surface area contributed by atoms with E-state index >= 15 is 0 Å². The lowest BCUT2D eigenvalue weighted by molar-refractivity contribution is -0.135. The van der Waals surface area contributed by atoms with Gasteiger partial charge in [-0.2, -0.15) is 0 Å². The standard InChI is InChI=1S/C12H23NO2/c1-9(2)6-11(8-14)13(5)12(15)7-10(3)4/h8-11H,6-7H2,1-5H3/t11-/m0/s1. The Bertz CT molecular complexity index is 212. The molecule has 0 spiro atoms. The molecule has 15 heavy (non-hydrogen) atoms. The average molecular weight is 213 g/mol. The number of amides is 1. The average Bonchev–Trinajstić information content (AvgIpc) is 2.11. The second-order valence-corrected chi connectivity index (χ2v) is 4.94. The topological polar surface area (TPSA) is 37.4 Å². The fourth-order valence-electron chi connectivity index (χ4n) is 1.47. The van der Waals surface area contributed by atoms with Crippen LogP contribution in [0, 0.1) is 11.8 Å². The van der Waals surface area contributed by atoms with Crippen molar-refractivity contribution in [1.82, 2.24) is 4.90 Å². The normalized spacial score (nSPS) is 13.0. The van der Waals surface area contributed by atoms with Gasteiger partial charge in [-0.3, -0.25) is 4.79 Å². The van der Waals surface area contributed by atoms with Crippen LogP contribution in [-0.4, -0.2) is 30.2 Å². The monoisotopic (exact) mass is 213 g/mol. The Kier molecular flexibility index (Phi) is 6.21. The maximum absolute atomic E-state index is 11.7. The molecule has 0 radical (unpaired) electrons. The second-order valence-electron chi connectivity index (χ2n) is 4.94. The summed E-state index contributed by atoms with van der Waals surface area (Å²) in [6.07, 6.45) is 2.13. The van der Waals surface area contributed by atoms with Crippen molar-refractivity contribution in [3.63, 3.8) is 0 Å². The number of rotatable bonds is 6. The minimum atomic E-state index is -0.267. The van der Waals surface area contributed by atoms with Crippen LogP contribution >= 0.6 is 0 Å². The molecule has 0 bridgehead atoms. The van der Waals surface area contributed by atoms with Gasteiger partial charge in [-0.05, 0) is 18.3 Å². The maximum Gasteiger partial charge on any atom is 0.223 e. The van der Waals surface area contributed by atoms with Gasteiger partial charge in [-0.1, -0.05) is 27.7 Å². The van der Waals surface area contributed by atoms with Crippen molar-refractivity contribution in [2.24, 2.45) is 11.8 Å². The Balaban J connectivity index is 4.30. The fraction of sp³-hybridized carbons (Fsp3) is 0.833. The largest absolute Gasteiger partial charge is 0.336 e. The molecule has 1 atom stereocenters. The van der Waals surface area contributed by atoms with E-state index in [1.165, 1.54) is 0 Å². The molecule has 0 aliphatic carbocycles. The zero-order chi connectivity index (χ0) is 12.0. The number of carbonyl (C=O) groups excluding carboxylic acids is 2. The predicted molar refractivity (Wildman–Crippen MR) is 61.5 cm³/mol. The number of nitrogens with zero attached hydrogens (tertiary/aromatic N) is 1. The van der Waals surface area contributed by atoms with Gasteiger partial charge in [0.15, 0.2) is 0 Å². The Morgan fingerprint density at radius 3 is 2.07 bits per heavy atom. The van der Waals surface area contributed by atoms with Crippen LogP contribution in [-0.2, 0) is 9.59 Å². The first kappa shape index (κ1) is 14.1. The zero-order valence-corrected chi connectivity index (χ0v) is 10.5. The highest BCUT2D eigenvalue weighted by Gasteiger charge is 2.20. The smallest absolute Gasteiger partial charge is 0.223 e. The van der Waals surface area contributed by atoms with Gasteiger partial charge in [0.1, 0.15) is 6.29 Å². The molecule has 0 unspecified atom stereocenters. The van der Waals surface area contributed by atoms with E-state index in [9.17, 15) is 9.59 Å². The highest BCUT2D eigenvalue weighted by atomic mass is 16.2. The number of carbonyl (C=O) groups is 2. The molecule has 0 saturated carbocycles. The van der Waals surface area contributed by atoms with Crippen LogP contribution in [0.15, 0.2) is 0 Å². The van der Waals surface area contributed by atoms with Gasteiger partial charge < -0.3 is 9.69 Å². The van der Waals surface area contributed by atoms with Crippen LogP contribution in [0.2, 0.25) is 0 Å². The van der Waals surface area contributed by atoms with E-state index in [2.05, 4.69) is 13.8 Å². The molecule has 0 fully saturated rings. The molecule has 0 aliphatic heterocycles. The summed E-state index contributed by atoms with van der Waals surface area (Å²) in [7, 11) is 1.71. The zero-order valence-electron chi connectivity index (χ0n) is 10.5. The summed E-state index contributed by atoms with van der Waals surface area (Å²) in [6, 6.07) is -0.267. The van der Waals surface area contributed by atoms with Gasteiger partial charge in [0.25, 0.3) is 0 Å². The third-order valence-electron chi connectivity index (χ3n) is 2.34. The highest BCUT2D eigenvalue weighted by Crippen LogP contribution is 2.11. The molecule has 3 heteroatoms. The summed E-state index contributed by atoms with van der Waals surface area (Å²) < 4.78 is 0. The third-order valence-corrected chi connectivity index (χ3v) is 2.34. The molecular formula is C12H23NO2. The van der Waals surface area contributed by atoms with Gasteiger partial charge in [0.05, 0.1) is 6.04 Å². The first-order chi connectivity index (χ1) is 6.88. The van der Waals surface area contributed by atoms with Gasteiger partial charge in [0.2, 0.25) is 5.91 Å². The van der Waals surface area contributed by atoms with Crippen molar-refractivity contribution in [3.8, 4) is 0 Å². The number of likely N-dealkylation sites (N-methyl/N-ethyl adjacent to an activating group) is 1. The summed E-state index contributed by atoms with van der Waals surface area (Å²) >= 11 is 0. The molecule has 0 aromatic rings. The molecule has 0 rings (SSSR count). The molecular weight excluding hydrogens is 190 g/mol. The van der Waals surface area contributed by atoms with Crippen LogP contribution in [0.1, 0.15) is 40.5 Å². The van der Waals surface area contributed by atoms with Crippen molar-refractivity contribution in [3.05, 3.63) is 0 Å². The quantitative estimate of drug-likeness (QED) is 0.634. The van der Waals surface area contributed by atoms with E-state index in [4.69, 9.17) is 0 Å². The van der Waals surface area contributed by atoms with E-state index in [1.807, 2.05) is 13.8 Å². The van der Waals surface area contributed by atoms with E-state index in [1.54, 1.807) is 11.9 Å². The lowest BCUT2D eigenvalue weighted by Gasteiger charge is -2.25. The SMILES string of the molecule is CC(C)CC(=O)N(C)[C@H](C=O)CC(C)C. The minimum Gasteiger partial charge on any atom is -0.336 e. The van der Waals surface area contributed by atoms with E-state index < -0.39 is 0 Å². The van der Waals surface area contributed by atoms with Crippen LogP contribution in [0.25, 0.3) is 0 Å². The molecule has 0 aliphatic rings. The fourth-order valence-corrected chi connectivity index (χ4v) is 1.47.